The van der Waals surface area contributed by atoms with Gasteiger partial charge in [-0.1, -0.05) is 13.0 Å². The standard InChI is InChI=1S/C22H20N4O5/c1-3-10-24-11-9-14-12-15(7-8-17(14)24)23-20(27)13(2)25-21(28)16-5-4-6-18(26(30)31)19(16)22(25)29/h4-9,11-13H,3,10H2,1-2H3,(H,23,27). The Morgan fingerprint density at radius 1 is 1.16 bits per heavy atom. The van der Waals surface area contributed by atoms with Crippen molar-refractivity contribution in [2.45, 2.75) is 32.9 Å². The van der Waals surface area contributed by atoms with Crippen LogP contribution >= 0.6 is 0 Å². The van der Waals surface area contributed by atoms with E-state index in [4.69, 9.17) is 0 Å². The van der Waals surface area contributed by atoms with E-state index in [2.05, 4.69) is 16.8 Å². The van der Waals surface area contributed by atoms with E-state index in [1.54, 1.807) is 6.07 Å². The van der Waals surface area contributed by atoms with Crippen LogP contribution in [0.4, 0.5) is 11.4 Å². The number of rotatable bonds is 6. The summed E-state index contributed by atoms with van der Waals surface area (Å²) in [6.45, 7) is 4.40. The fourth-order valence-electron chi connectivity index (χ4n) is 3.87. The molecule has 3 amide bonds. The van der Waals surface area contributed by atoms with Crippen LogP contribution in [0.15, 0.2) is 48.7 Å². The molecule has 1 aromatic heterocycles. The molecule has 1 atom stereocenters. The molecule has 9 nitrogen and oxygen atoms in total. The fraction of sp³-hybridized carbons (Fsp3) is 0.227. The molecule has 2 aromatic carbocycles. The van der Waals surface area contributed by atoms with E-state index in [-0.39, 0.29) is 11.1 Å². The third-order valence-corrected chi connectivity index (χ3v) is 5.39. The molecule has 158 valence electrons. The number of anilines is 1. The zero-order chi connectivity index (χ0) is 22.3. The van der Waals surface area contributed by atoms with Crippen molar-refractivity contribution >= 4 is 40.0 Å². The van der Waals surface area contributed by atoms with E-state index in [1.165, 1.54) is 19.1 Å². The van der Waals surface area contributed by atoms with Gasteiger partial charge in [0.2, 0.25) is 5.91 Å². The lowest BCUT2D eigenvalue weighted by Gasteiger charge is -2.21. The number of nitro groups is 1. The largest absolute Gasteiger partial charge is 0.347 e. The Kier molecular flexibility index (Phi) is 5.02. The molecule has 1 aliphatic rings. The summed E-state index contributed by atoms with van der Waals surface area (Å²) in [7, 11) is 0. The summed E-state index contributed by atoms with van der Waals surface area (Å²) in [4.78, 5) is 49.6. The molecule has 1 unspecified atom stereocenters. The second-order valence-corrected chi connectivity index (χ2v) is 7.39. The van der Waals surface area contributed by atoms with Gasteiger partial charge in [0, 0.05) is 35.4 Å². The highest BCUT2D eigenvalue weighted by Crippen LogP contribution is 2.32. The molecule has 0 saturated heterocycles. The second kappa shape index (κ2) is 7.67. The van der Waals surface area contributed by atoms with E-state index in [9.17, 15) is 24.5 Å². The number of hydrogen-bond donors (Lipinski definition) is 1. The van der Waals surface area contributed by atoms with Crippen molar-refractivity contribution in [1.29, 1.82) is 0 Å². The molecule has 1 N–H and O–H groups in total. The van der Waals surface area contributed by atoms with E-state index in [0.717, 1.165) is 34.8 Å². The molecular formula is C22H20N4O5. The number of imide groups is 1. The first-order valence-corrected chi connectivity index (χ1v) is 9.88. The Balaban J connectivity index is 1.57. The number of aryl methyl sites for hydroxylation is 1. The van der Waals surface area contributed by atoms with Crippen LogP contribution in [-0.2, 0) is 11.3 Å². The summed E-state index contributed by atoms with van der Waals surface area (Å²) in [6.07, 6.45) is 2.98. The van der Waals surface area contributed by atoms with Gasteiger partial charge in [-0.05, 0) is 43.7 Å². The average Bonchev–Trinajstić information content (AvgIpc) is 3.26. The van der Waals surface area contributed by atoms with Crippen molar-refractivity contribution in [3.05, 3.63) is 69.9 Å². The maximum atomic E-state index is 12.8. The lowest BCUT2D eigenvalue weighted by Crippen LogP contribution is -2.45. The number of aromatic nitrogens is 1. The number of benzene rings is 2. The predicted molar refractivity (Wildman–Crippen MR) is 114 cm³/mol. The smallest absolute Gasteiger partial charge is 0.282 e. The maximum absolute atomic E-state index is 12.8. The van der Waals surface area contributed by atoms with Crippen molar-refractivity contribution in [1.82, 2.24) is 9.47 Å². The molecule has 0 aliphatic carbocycles. The van der Waals surface area contributed by atoms with Crippen LogP contribution < -0.4 is 5.32 Å². The molecule has 1 aliphatic heterocycles. The van der Waals surface area contributed by atoms with Crippen molar-refractivity contribution in [2.75, 3.05) is 5.32 Å². The van der Waals surface area contributed by atoms with Gasteiger partial charge in [-0.3, -0.25) is 29.4 Å². The highest BCUT2D eigenvalue weighted by molar-refractivity contribution is 6.24. The molecule has 3 aromatic rings. The van der Waals surface area contributed by atoms with E-state index in [1.807, 2.05) is 24.4 Å². The molecule has 2 heterocycles. The summed E-state index contributed by atoms with van der Waals surface area (Å²) in [5.74, 6) is -2.13. The summed E-state index contributed by atoms with van der Waals surface area (Å²) < 4.78 is 2.12. The first-order valence-electron chi connectivity index (χ1n) is 9.88. The van der Waals surface area contributed by atoms with Crippen LogP contribution in [0.2, 0.25) is 0 Å². The van der Waals surface area contributed by atoms with Crippen molar-refractivity contribution in [3.8, 4) is 0 Å². The number of amides is 3. The maximum Gasteiger partial charge on any atom is 0.282 e. The van der Waals surface area contributed by atoms with Crippen molar-refractivity contribution < 1.29 is 19.3 Å². The Labute approximate surface area is 177 Å². The van der Waals surface area contributed by atoms with E-state index in [0.29, 0.717) is 5.69 Å². The number of carbonyl (C=O) groups is 3. The van der Waals surface area contributed by atoms with Gasteiger partial charge in [-0.25, -0.2) is 0 Å². The minimum Gasteiger partial charge on any atom is -0.347 e. The molecule has 0 bridgehead atoms. The Morgan fingerprint density at radius 2 is 1.94 bits per heavy atom. The molecule has 31 heavy (non-hydrogen) atoms. The molecular weight excluding hydrogens is 400 g/mol. The second-order valence-electron chi connectivity index (χ2n) is 7.39. The van der Waals surface area contributed by atoms with Crippen molar-refractivity contribution in [3.63, 3.8) is 0 Å². The third kappa shape index (κ3) is 3.33. The summed E-state index contributed by atoms with van der Waals surface area (Å²) in [5, 5.41) is 14.9. The molecule has 9 heteroatoms. The number of nitrogens with zero attached hydrogens (tertiary/aromatic N) is 3. The first kappa shape index (κ1) is 20.3. The average molecular weight is 420 g/mol. The lowest BCUT2D eigenvalue weighted by atomic mass is 10.1. The molecule has 0 spiro atoms. The number of hydrogen-bond acceptors (Lipinski definition) is 5. The summed E-state index contributed by atoms with van der Waals surface area (Å²) in [6, 6.07) is 10.1. The van der Waals surface area contributed by atoms with E-state index < -0.39 is 34.4 Å². The van der Waals surface area contributed by atoms with Crippen LogP contribution in [-0.4, -0.2) is 38.2 Å². The van der Waals surface area contributed by atoms with Crippen LogP contribution in [0.3, 0.4) is 0 Å². The number of fused-ring (bicyclic) bond motifs is 2. The zero-order valence-electron chi connectivity index (χ0n) is 17.0. The zero-order valence-corrected chi connectivity index (χ0v) is 17.0. The lowest BCUT2D eigenvalue weighted by molar-refractivity contribution is -0.385. The van der Waals surface area contributed by atoms with Crippen LogP contribution in [0.25, 0.3) is 10.9 Å². The van der Waals surface area contributed by atoms with Gasteiger partial charge in [0.25, 0.3) is 17.5 Å². The Morgan fingerprint density at radius 3 is 2.65 bits per heavy atom. The van der Waals surface area contributed by atoms with Crippen LogP contribution in [0, 0.1) is 10.1 Å². The summed E-state index contributed by atoms with van der Waals surface area (Å²) >= 11 is 0. The Bertz CT molecular complexity index is 1250. The number of carbonyl (C=O) groups excluding carboxylic acids is 3. The number of nitrogens with one attached hydrogen (secondary N) is 1. The molecule has 0 fully saturated rings. The molecule has 0 radical (unpaired) electrons. The van der Waals surface area contributed by atoms with Crippen LogP contribution in [0.1, 0.15) is 41.0 Å². The number of nitro benzene ring substituents is 1. The van der Waals surface area contributed by atoms with Gasteiger partial charge in [-0.15, -0.1) is 0 Å². The van der Waals surface area contributed by atoms with Gasteiger partial charge in [-0.2, -0.15) is 0 Å². The van der Waals surface area contributed by atoms with Gasteiger partial charge in [0.05, 0.1) is 10.5 Å². The van der Waals surface area contributed by atoms with Gasteiger partial charge in [0.15, 0.2) is 0 Å². The molecule has 0 saturated carbocycles. The molecule has 4 rings (SSSR count). The topological polar surface area (TPSA) is 115 Å². The highest BCUT2D eigenvalue weighted by Gasteiger charge is 2.44. The van der Waals surface area contributed by atoms with E-state index >= 15 is 0 Å². The quantitative estimate of drug-likeness (QED) is 0.372. The summed E-state index contributed by atoms with van der Waals surface area (Å²) in [5.41, 5.74) is 0.767. The predicted octanol–water partition coefficient (Wildman–Crippen LogP) is 3.58. The SMILES string of the molecule is CCCn1ccc2cc(NC(=O)C(C)N3C(=O)c4cccc([N+](=O)[O-])c4C3=O)ccc21. The van der Waals surface area contributed by atoms with Crippen LogP contribution in [0.5, 0.6) is 0 Å². The van der Waals surface area contributed by atoms with Gasteiger partial charge in [0.1, 0.15) is 11.6 Å². The normalized spacial score (nSPS) is 14.1. The third-order valence-electron chi connectivity index (χ3n) is 5.39. The highest BCUT2D eigenvalue weighted by atomic mass is 16.6. The Hall–Kier alpha value is -4.01. The van der Waals surface area contributed by atoms with Gasteiger partial charge < -0.3 is 9.88 Å². The minimum absolute atomic E-state index is 0.0717. The van der Waals surface area contributed by atoms with Gasteiger partial charge >= 0.3 is 0 Å². The minimum atomic E-state index is -1.15. The monoisotopic (exact) mass is 420 g/mol. The van der Waals surface area contributed by atoms with Crippen molar-refractivity contribution in [2.24, 2.45) is 0 Å². The fourth-order valence-corrected chi connectivity index (χ4v) is 3.87. The first-order chi connectivity index (χ1) is 14.8.